The summed E-state index contributed by atoms with van der Waals surface area (Å²) in [6.45, 7) is 2.07. The number of para-hydroxylation sites is 2. The molecular weight excluding hydrogens is 393 g/mol. The molecule has 0 fully saturated rings. The molecule has 4 rings (SSSR count). The average Bonchev–Trinajstić information content (AvgIpc) is 3.05. The fraction of sp³-hybridized carbons (Fsp3) is 0.100. The monoisotopic (exact) mass is 409 g/mol. The number of nitrogens with two attached hydrogens (primary N) is 1. The predicted octanol–water partition coefficient (Wildman–Crippen LogP) is 2.12. The van der Waals surface area contributed by atoms with Crippen molar-refractivity contribution in [3.63, 3.8) is 0 Å². The Labute approximate surface area is 168 Å². The first-order valence-electron chi connectivity index (χ1n) is 8.95. The van der Waals surface area contributed by atoms with Gasteiger partial charge in [0.2, 0.25) is 0 Å². The van der Waals surface area contributed by atoms with Gasteiger partial charge in [-0.1, -0.05) is 18.2 Å². The Morgan fingerprint density at radius 2 is 2.00 bits per heavy atom. The minimum absolute atomic E-state index is 0.0417. The highest BCUT2D eigenvalue weighted by Gasteiger charge is 2.23. The Morgan fingerprint density at radius 3 is 2.70 bits per heavy atom. The zero-order chi connectivity index (χ0) is 21.4. The molecular formula is C20H16FN5O4. The fourth-order valence-electron chi connectivity index (χ4n) is 3.11. The number of phenolic OH excluding ortho intramolecular Hbond substituents is 1. The number of nitrogens with zero attached hydrogens (tertiary/aromatic N) is 3. The van der Waals surface area contributed by atoms with E-state index in [9.17, 15) is 19.1 Å². The molecule has 9 nitrogen and oxygen atoms in total. The molecule has 1 amide bonds. The van der Waals surface area contributed by atoms with Crippen LogP contribution >= 0.6 is 0 Å². The second-order valence-electron chi connectivity index (χ2n) is 6.26. The Hall–Kier alpha value is -4.21. The fourth-order valence-corrected chi connectivity index (χ4v) is 3.11. The van der Waals surface area contributed by atoms with Crippen LogP contribution in [0.25, 0.3) is 28.2 Å². The maximum atomic E-state index is 14.4. The molecule has 0 unspecified atom stereocenters. The number of nitrogens with one attached hydrogen (secondary N) is 1. The van der Waals surface area contributed by atoms with Crippen molar-refractivity contribution in [1.29, 1.82) is 0 Å². The maximum Gasteiger partial charge on any atom is 0.332 e. The second-order valence-corrected chi connectivity index (χ2v) is 6.26. The zero-order valence-electron chi connectivity index (χ0n) is 15.7. The molecule has 0 spiro atoms. The minimum atomic E-state index is -0.925. The smallest absolute Gasteiger partial charge is 0.332 e. The van der Waals surface area contributed by atoms with Crippen LogP contribution in [-0.4, -0.2) is 37.1 Å². The van der Waals surface area contributed by atoms with Crippen LogP contribution in [0.2, 0.25) is 0 Å². The summed E-state index contributed by atoms with van der Waals surface area (Å²) in [5.74, 6) is -1.72. The standard InChI is InChI=1S/C20H16FN5O4/c1-2-30-13-9-5-6-10(16(13)27)18-23-14(17(22)28)15-19(25-18)26(20(29)24-15)12-8-4-3-7-11(12)21/h3-9,27H,2H2,1H3,(H2,22,28)(H,24,29). The molecule has 0 saturated carbocycles. The number of fused-ring (bicyclic) bond motifs is 1. The highest BCUT2D eigenvalue weighted by Crippen LogP contribution is 2.36. The van der Waals surface area contributed by atoms with Gasteiger partial charge in [-0.25, -0.2) is 23.7 Å². The molecule has 152 valence electrons. The first-order chi connectivity index (χ1) is 14.4. The molecule has 0 saturated heterocycles. The third-order valence-electron chi connectivity index (χ3n) is 4.40. The van der Waals surface area contributed by atoms with E-state index in [1.807, 2.05) is 0 Å². The number of rotatable bonds is 5. The minimum Gasteiger partial charge on any atom is -0.504 e. The lowest BCUT2D eigenvalue weighted by molar-refractivity contribution is 0.0997. The molecule has 0 atom stereocenters. The molecule has 2 heterocycles. The van der Waals surface area contributed by atoms with Crippen LogP contribution in [0, 0.1) is 5.82 Å². The third-order valence-corrected chi connectivity index (χ3v) is 4.40. The predicted molar refractivity (Wildman–Crippen MR) is 106 cm³/mol. The number of ether oxygens (including phenoxy) is 1. The van der Waals surface area contributed by atoms with Gasteiger partial charge in [-0.05, 0) is 31.2 Å². The van der Waals surface area contributed by atoms with Crippen LogP contribution in [0.5, 0.6) is 11.5 Å². The lowest BCUT2D eigenvalue weighted by Gasteiger charge is -2.11. The summed E-state index contributed by atoms with van der Waals surface area (Å²) < 4.78 is 20.7. The van der Waals surface area contributed by atoms with Gasteiger partial charge in [0.1, 0.15) is 11.3 Å². The lowest BCUT2D eigenvalue weighted by Crippen LogP contribution is -2.16. The van der Waals surface area contributed by atoms with Gasteiger partial charge in [0.15, 0.2) is 28.7 Å². The molecule has 4 N–H and O–H groups in total. The van der Waals surface area contributed by atoms with E-state index in [-0.39, 0.29) is 45.4 Å². The number of H-pyrrole nitrogens is 1. The molecule has 2 aromatic carbocycles. The summed E-state index contributed by atoms with van der Waals surface area (Å²) >= 11 is 0. The molecule has 0 aliphatic heterocycles. The summed E-state index contributed by atoms with van der Waals surface area (Å²) in [5, 5.41) is 10.6. The zero-order valence-corrected chi connectivity index (χ0v) is 15.7. The van der Waals surface area contributed by atoms with Gasteiger partial charge in [-0.15, -0.1) is 0 Å². The number of halogens is 1. The van der Waals surface area contributed by atoms with Crippen LogP contribution in [0.15, 0.2) is 47.3 Å². The van der Waals surface area contributed by atoms with E-state index in [0.29, 0.717) is 6.61 Å². The second kappa shape index (κ2) is 7.32. The summed E-state index contributed by atoms with van der Waals surface area (Å²) in [6.07, 6.45) is 0. The van der Waals surface area contributed by atoms with E-state index < -0.39 is 17.4 Å². The molecule has 30 heavy (non-hydrogen) atoms. The number of hydrogen-bond donors (Lipinski definition) is 3. The van der Waals surface area contributed by atoms with Crippen LogP contribution < -0.4 is 16.2 Å². The van der Waals surface area contributed by atoms with Gasteiger partial charge in [0.25, 0.3) is 5.91 Å². The Kier molecular flexibility index (Phi) is 4.66. The largest absolute Gasteiger partial charge is 0.504 e. The van der Waals surface area contributed by atoms with Gasteiger partial charge in [0.05, 0.1) is 17.9 Å². The van der Waals surface area contributed by atoms with E-state index >= 15 is 0 Å². The van der Waals surface area contributed by atoms with Crippen molar-refractivity contribution < 1.29 is 19.0 Å². The van der Waals surface area contributed by atoms with Gasteiger partial charge in [-0.3, -0.25) is 4.79 Å². The molecule has 10 heteroatoms. The van der Waals surface area contributed by atoms with Crippen LogP contribution in [-0.2, 0) is 0 Å². The normalized spacial score (nSPS) is 11.0. The van der Waals surface area contributed by atoms with E-state index in [2.05, 4.69) is 15.0 Å². The van der Waals surface area contributed by atoms with Gasteiger partial charge in [-0.2, -0.15) is 0 Å². The summed E-state index contributed by atoms with van der Waals surface area (Å²) in [7, 11) is 0. The van der Waals surface area contributed by atoms with Crippen molar-refractivity contribution in [2.75, 3.05) is 6.61 Å². The van der Waals surface area contributed by atoms with Crippen molar-refractivity contribution in [2.45, 2.75) is 6.92 Å². The number of imidazole rings is 1. The van der Waals surface area contributed by atoms with E-state index in [1.165, 1.54) is 24.3 Å². The number of aromatic hydroxyl groups is 1. The first-order valence-corrected chi connectivity index (χ1v) is 8.95. The van der Waals surface area contributed by atoms with Crippen molar-refractivity contribution >= 4 is 17.1 Å². The number of carbonyl (C=O) groups excluding carboxylic acids is 1. The number of aromatic amines is 1. The van der Waals surface area contributed by atoms with Crippen LogP contribution in [0.4, 0.5) is 4.39 Å². The molecule has 2 aromatic heterocycles. The summed E-state index contributed by atoms with van der Waals surface area (Å²) in [4.78, 5) is 35.5. The quantitative estimate of drug-likeness (QED) is 0.462. The number of primary amides is 1. The molecule has 4 aromatic rings. The molecule has 0 aliphatic carbocycles. The summed E-state index contributed by atoms with van der Waals surface area (Å²) in [5.41, 5.74) is 4.43. The average molecular weight is 409 g/mol. The van der Waals surface area contributed by atoms with Gasteiger partial charge < -0.3 is 20.6 Å². The molecule has 0 aliphatic rings. The van der Waals surface area contributed by atoms with Crippen molar-refractivity contribution in [1.82, 2.24) is 19.5 Å². The van der Waals surface area contributed by atoms with Crippen LogP contribution in [0.1, 0.15) is 17.4 Å². The number of hydrogen-bond acceptors (Lipinski definition) is 6. The number of carbonyl (C=O) groups is 1. The third kappa shape index (κ3) is 3.04. The molecule has 0 radical (unpaired) electrons. The number of aromatic nitrogens is 4. The van der Waals surface area contributed by atoms with Crippen LogP contribution in [0.3, 0.4) is 0 Å². The van der Waals surface area contributed by atoms with Gasteiger partial charge in [0, 0.05) is 0 Å². The highest BCUT2D eigenvalue weighted by atomic mass is 19.1. The van der Waals surface area contributed by atoms with E-state index in [0.717, 1.165) is 4.57 Å². The Morgan fingerprint density at radius 1 is 1.23 bits per heavy atom. The Balaban J connectivity index is 2.06. The lowest BCUT2D eigenvalue weighted by atomic mass is 10.1. The summed E-state index contributed by atoms with van der Waals surface area (Å²) in [6, 6.07) is 10.3. The highest BCUT2D eigenvalue weighted by molar-refractivity contribution is 6.02. The first kappa shape index (κ1) is 19.1. The van der Waals surface area contributed by atoms with Crippen molar-refractivity contribution in [3.05, 3.63) is 64.5 Å². The number of benzene rings is 2. The van der Waals surface area contributed by atoms with Crippen molar-refractivity contribution in [2.24, 2.45) is 5.73 Å². The maximum absolute atomic E-state index is 14.4. The number of phenols is 1. The van der Waals surface area contributed by atoms with Crippen molar-refractivity contribution in [3.8, 4) is 28.6 Å². The van der Waals surface area contributed by atoms with E-state index in [1.54, 1.807) is 25.1 Å². The molecule has 0 bridgehead atoms. The van der Waals surface area contributed by atoms with E-state index in [4.69, 9.17) is 10.5 Å². The van der Waals surface area contributed by atoms with Gasteiger partial charge >= 0.3 is 5.69 Å². The SMILES string of the molecule is CCOc1cccc(-c2nc(C(N)=O)c3[nH]c(=O)n(-c4ccccc4F)c3n2)c1O. The topological polar surface area (TPSA) is 136 Å². The Bertz CT molecular complexity index is 1350. The number of amides is 1.